The van der Waals surface area contributed by atoms with Crippen molar-refractivity contribution in [3.8, 4) is 0 Å². The number of allylic oxidation sites excluding steroid dienone is 1. The minimum Gasteiger partial charge on any atom is -0.391 e. The Balaban J connectivity index is 2.08. The van der Waals surface area contributed by atoms with E-state index in [1.165, 1.54) is 19.3 Å². The number of unbranched alkanes of at least 4 members (excludes halogenated alkanes) is 4. The Hall–Kier alpha value is -1.12. The van der Waals surface area contributed by atoms with Crippen LogP contribution in [0.1, 0.15) is 39.0 Å². The number of ether oxygens (including phenoxy) is 1. The summed E-state index contributed by atoms with van der Waals surface area (Å²) in [7, 11) is 0. The summed E-state index contributed by atoms with van der Waals surface area (Å²) in [5.74, 6) is -1.44. The third kappa shape index (κ3) is 2.98. The van der Waals surface area contributed by atoms with Crippen LogP contribution in [0.15, 0.2) is 12.2 Å². The van der Waals surface area contributed by atoms with Gasteiger partial charge in [0, 0.05) is 0 Å². The fourth-order valence-electron chi connectivity index (χ4n) is 1.34. The molecule has 1 aliphatic heterocycles. The maximum Gasteiger partial charge on any atom is 0.331 e. The van der Waals surface area contributed by atoms with Gasteiger partial charge < -0.3 is 4.74 Å². The molecule has 3 nitrogen and oxygen atoms in total. The molecule has 3 heteroatoms. The quantitative estimate of drug-likeness (QED) is 0.283. The number of rotatable bonds is 6. The Kier molecular flexibility index (Phi) is 4.36. The molecule has 0 radical (unpaired) electrons. The van der Waals surface area contributed by atoms with Crippen molar-refractivity contribution in [2.45, 2.75) is 39.0 Å². The summed E-state index contributed by atoms with van der Waals surface area (Å²) in [6.45, 7) is 2.17. The number of cyclic esters (lactones) is 2. The first-order valence-electron chi connectivity index (χ1n) is 5.18. The third-order valence-electron chi connectivity index (χ3n) is 2.26. The van der Waals surface area contributed by atoms with Crippen LogP contribution in [0.25, 0.3) is 0 Å². The Morgan fingerprint density at radius 1 is 1.21 bits per heavy atom. The standard InChI is InChI=1S/C11H16O3/c1-2-3-4-5-6-7-8-9-10(12)14-11(9)13/h7-9H,2-6H2,1H3/b8-7-. The van der Waals surface area contributed by atoms with Crippen molar-refractivity contribution in [3.63, 3.8) is 0 Å². The molecule has 0 atom stereocenters. The van der Waals surface area contributed by atoms with Gasteiger partial charge in [-0.25, -0.2) is 0 Å². The predicted octanol–water partition coefficient (Wildman–Crippen LogP) is 2.21. The molecular formula is C11H16O3. The largest absolute Gasteiger partial charge is 0.391 e. The topological polar surface area (TPSA) is 43.4 Å². The zero-order valence-corrected chi connectivity index (χ0v) is 8.49. The Bertz CT molecular complexity index is 229. The number of hydrogen-bond acceptors (Lipinski definition) is 3. The second-order valence-corrected chi connectivity index (χ2v) is 3.50. The number of carbonyl (C=O) groups is 2. The van der Waals surface area contributed by atoms with Crippen molar-refractivity contribution in [1.29, 1.82) is 0 Å². The molecule has 1 saturated heterocycles. The van der Waals surface area contributed by atoms with Gasteiger partial charge >= 0.3 is 11.9 Å². The van der Waals surface area contributed by atoms with E-state index in [0.29, 0.717) is 0 Å². The van der Waals surface area contributed by atoms with Gasteiger partial charge in [-0.15, -0.1) is 0 Å². The lowest BCUT2D eigenvalue weighted by atomic mass is 10.0. The van der Waals surface area contributed by atoms with Crippen LogP contribution >= 0.6 is 0 Å². The SMILES string of the molecule is CCCCCC/C=C\C1C(=O)OC1=O. The molecule has 1 aliphatic rings. The van der Waals surface area contributed by atoms with Gasteiger partial charge in [0.05, 0.1) is 0 Å². The smallest absolute Gasteiger partial charge is 0.331 e. The van der Waals surface area contributed by atoms with E-state index in [9.17, 15) is 9.59 Å². The summed E-state index contributed by atoms with van der Waals surface area (Å²) >= 11 is 0. The van der Waals surface area contributed by atoms with Crippen molar-refractivity contribution in [3.05, 3.63) is 12.2 Å². The second kappa shape index (κ2) is 5.58. The molecule has 0 amide bonds. The fourth-order valence-corrected chi connectivity index (χ4v) is 1.34. The van der Waals surface area contributed by atoms with Crippen LogP contribution in [0.4, 0.5) is 0 Å². The molecule has 0 unspecified atom stereocenters. The van der Waals surface area contributed by atoms with Gasteiger partial charge in [0.1, 0.15) is 0 Å². The zero-order valence-electron chi connectivity index (χ0n) is 8.49. The lowest BCUT2D eigenvalue weighted by Crippen LogP contribution is -2.39. The number of esters is 2. The molecule has 1 heterocycles. The van der Waals surface area contributed by atoms with Crippen molar-refractivity contribution in [2.24, 2.45) is 5.92 Å². The maximum absolute atomic E-state index is 10.7. The highest BCUT2D eigenvalue weighted by Gasteiger charge is 2.39. The predicted molar refractivity (Wildman–Crippen MR) is 52.5 cm³/mol. The Labute approximate surface area is 84.1 Å². The van der Waals surface area contributed by atoms with Crippen molar-refractivity contribution in [1.82, 2.24) is 0 Å². The average molecular weight is 196 g/mol. The van der Waals surface area contributed by atoms with Crippen LogP contribution in [0, 0.1) is 5.92 Å². The summed E-state index contributed by atoms with van der Waals surface area (Å²) < 4.78 is 4.22. The van der Waals surface area contributed by atoms with Crippen LogP contribution in [-0.4, -0.2) is 11.9 Å². The minimum absolute atomic E-state index is 0.417. The van der Waals surface area contributed by atoms with Gasteiger partial charge in [-0.2, -0.15) is 0 Å². The first-order valence-corrected chi connectivity index (χ1v) is 5.18. The van der Waals surface area contributed by atoms with Crippen LogP contribution in [0.3, 0.4) is 0 Å². The van der Waals surface area contributed by atoms with Gasteiger partial charge in [0.15, 0.2) is 5.92 Å². The van der Waals surface area contributed by atoms with E-state index in [2.05, 4.69) is 11.7 Å². The molecule has 0 aliphatic carbocycles. The van der Waals surface area contributed by atoms with Crippen molar-refractivity contribution < 1.29 is 14.3 Å². The summed E-state index contributed by atoms with van der Waals surface area (Å²) in [4.78, 5) is 21.4. The minimum atomic E-state index is -0.610. The molecular weight excluding hydrogens is 180 g/mol. The molecule has 78 valence electrons. The second-order valence-electron chi connectivity index (χ2n) is 3.50. The lowest BCUT2D eigenvalue weighted by molar-refractivity contribution is -0.180. The summed E-state index contributed by atoms with van der Waals surface area (Å²) in [6, 6.07) is 0. The summed E-state index contributed by atoms with van der Waals surface area (Å²) in [5.41, 5.74) is 0. The van der Waals surface area contributed by atoms with Crippen LogP contribution in [0.5, 0.6) is 0 Å². The molecule has 0 saturated carbocycles. The highest BCUT2D eigenvalue weighted by atomic mass is 16.6. The molecule has 0 aromatic heterocycles. The number of hydrogen-bond donors (Lipinski definition) is 0. The van der Waals surface area contributed by atoms with E-state index in [0.717, 1.165) is 12.8 Å². The van der Waals surface area contributed by atoms with E-state index in [4.69, 9.17) is 0 Å². The molecule has 1 fully saturated rings. The van der Waals surface area contributed by atoms with Crippen LogP contribution in [-0.2, 0) is 14.3 Å². The van der Waals surface area contributed by atoms with E-state index >= 15 is 0 Å². The van der Waals surface area contributed by atoms with E-state index in [1.54, 1.807) is 6.08 Å². The lowest BCUT2D eigenvalue weighted by Gasteiger charge is -2.17. The Morgan fingerprint density at radius 2 is 1.93 bits per heavy atom. The molecule has 0 bridgehead atoms. The average Bonchev–Trinajstić information content (AvgIpc) is 2.16. The molecule has 1 rings (SSSR count). The molecule has 14 heavy (non-hydrogen) atoms. The van der Waals surface area contributed by atoms with Gasteiger partial charge in [0.25, 0.3) is 0 Å². The van der Waals surface area contributed by atoms with Gasteiger partial charge in [-0.1, -0.05) is 38.3 Å². The number of carbonyl (C=O) groups excluding carboxylic acids is 2. The molecule has 0 aromatic carbocycles. The Morgan fingerprint density at radius 3 is 2.50 bits per heavy atom. The molecule has 0 aromatic rings. The third-order valence-corrected chi connectivity index (χ3v) is 2.26. The van der Waals surface area contributed by atoms with Crippen LogP contribution < -0.4 is 0 Å². The van der Waals surface area contributed by atoms with Gasteiger partial charge in [-0.3, -0.25) is 9.59 Å². The summed E-state index contributed by atoms with van der Waals surface area (Å²) in [5, 5.41) is 0. The highest BCUT2D eigenvalue weighted by Crippen LogP contribution is 2.16. The zero-order chi connectivity index (χ0) is 10.4. The van der Waals surface area contributed by atoms with E-state index < -0.39 is 17.9 Å². The van der Waals surface area contributed by atoms with Crippen molar-refractivity contribution in [2.75, 3.05) is 0 Å². The fraction of sp³-hybridized carbons (Fsp3) is 0.636. The maximum atomic E-state index is 10.7. The van der Waals surface area contributed by atoms with Crippen molar-refractivity contribution >= 4 is 11.9 Å². The molecule has 0 N–H and O–H groups in total. The van der Waals surface area contributed by atoms with E-state index in [-0.39, 0.29) is 0 Å². The first-order chi connectivity index (χ1) is 6.75. The van der Waals surface area contributed by atoms with Gasteiger partial charge in [-0.05, 0) is 12.8 Å². The van der Waals surface area contributed by atoms with E-state index in [1.807, 2.05) is 6.08 Å². The van der Waals surface area contributed by atoms with Crippen LogP contribution in [0.2, 0.25) is 0 Å². The highest BCUT2D eigenvalue weighted by molar-refractivity contribution is 6.11. The normalized spacial score (nSPS) is 17.2. The summed E-state index contributed by atoms with van der Waals surface area (Å²) in [6.07, 6.45) is 9.30. The monoisotopic (exact) mass is 196 g/mol. The molecule has 0 spiro atoms. The first kappa shape index (κ1) is 11.0. The van der Waals surface area contributed by atoms with Gasteiger partial charge in [0.2, 0.25) is 0 Å².